The van der Waals surface area contributed by atoms with Gasteiger partial charge in [-0.05, 0) is 37.5 Å². The first-order valence-corrected chi connectivity index (χ1v) is 6.19. The molecular weight excluding hydrogens is 230 g/mol. The largest absolute Gasteiger partial charge is 0.398 e. The van der Waals surface area contributed by atoms with Crippen molar-refractivity contribution in [1.29, 1.82) is 0 Å². The number of anilines is 2. The minimum absolute atomic E-state index is 0.0781. The van der Waals surface area contributed by atoms with Crippen LogP contribution in [-0.2, 0) is 9.63 Å². The average molecular weight is 249 g/mol. The van der Waals surface area contributed by atoms with Crippen LogP contribution in [-0.4, -0.2) is 30.7 Å². The van der Waals surface area contributed by atoms with Crippen molar-refractivity contribution in [2.75, 3.05) is 30.7 Å². The van der Waals surface area contributed by atoms with Gasteiger partial charge in [0.2, 0.25) is 5.91 Å². The van der Waals surface area contributed by atoms with E-state index in [4.69, 9.17) is 10.6 Å². The molecule has 1 aliphatic rings. The average Bonchev–Trinajstić information content (AvgIpc) is 2.36. The third-order valence-electron chi connectivity index (χ3n) is 3.05. The lowest BCUT2D eigenvalue weighted by atomic mass is 10.1. The van der Waals surface area contributed by atoms with E-state index in [0.717, 1.165) is 30.6 Å². The van der Waals surface area contributed by atoms with Gasteiger partial charge in [-0.3, -0.25) is 9.63 Å². The van der Waals surface area contributed by atoms with Crippen LogP contribution in [0.3, 0.4) is 0 Å². The number of nitrogens with two attached hydrogens (primary N) is 1. The summed E-state index contributed by atoms with van der Waals surface area (Å²) in [4.78, 5) is 17.3. The van der Waals surface area contributed by atoms with E-state index in [2.05, 4.69) is 5.32 Å². The standard InChI is InChI=1S/C13H19N3O2/c1-10-11(14)5-4-6-12(10)15-13(17)9-16-7-2-3-8-18-16/h4-6H,2-3,7-9,14H2,1H3,(H,15,17). The second kappa shape index (κ2) is 5.84. The van der Waals surface area contributed by atoms with Gasteiger partial charge in [0.25, 0.3) is 0 Å². The Hall–Kier alpha value is -1.59. The minimum Gasteiger partial charge on any atom is -0.398 e. The summed E-state index contributed by atoms with van der Waals surface area (Å²) < 4.78 is 0. The Bertz CT molecular complexity index is 428. The van der Waals surface area contributed by atoms with Crippen LogP contribution < -0.4 is 11.1 Å². The minimum atomic E-state index is -0.0781. The van der Waals surface area contributed by atoms with Gasteiger partial charge in [0.1, 0.15) is 6.54 Å². The molecule has 0 saturated carbocycles. The molecule has 1 amide bonds. The fourth-order valence-electron chi connectivity index (χ4n) is 1.91. The molecule has 0 unspecified atom stereocenters. The van der Waals surface area contributed by atoms with E-state index in [-0.39, 0.29) is 12.5 Å². The first-order valence-electron chi connectivity index (χ1n) is 6.19. The van der Waals surface area contributed by atoms with Crippen molar-refractivity contribution >= 4 is 17.3 Å². The highest BCUT2D eigenvalue weighted by molar-refractivity contribution is 5.93. The van der Waals surface area contributed by atoms with Crippen molar-refractivity contribution in [2.24, 2.45) is 0 Å². The number of hydroxylamine groups is 2. The summed E-state index contributed by atoms with van der Waals surface area (Å²) in [5.74, 6) is -0.0781. The van der Waals surface area contributed by atoms with Gasteiger partial charge < -0.3 is 11.1 Å². The lowest BCUT2D eigenvalue weighted by molar-refractivity contribution is -0.182. The molecule has 1 heterocycles. The summed E-state index contributed by atoms with van der Waals surface area (Å²) in [7, 11) is 0. The van der Waals surface area contributed by atoms with Gasteiger partial charge in [-0.1, -0.05) is 6.07 Å². The van der Waals surface area contributed by atoms with Gasteiger partial charge in [-0.2, -0.15) is 5.06 Å². The number of nitrogen functional groups attached to an aromatic ring is 1. The van der Waals surface area contributed by atoms with E-state index in [1.807, 2.05) is 25.1 Å². The maximum absolute atomic E-state index is 11.9. The van der Waals surface area contributed by atoms with E-state index in [0.29, 0.717) is 12.3 Å². The molecule has 18 heavy (non-hydrogen) atoms. The molecule has 0 bridgehead atoms. The van der Waals surface area contributed by atoms with Crippen LogP contribution >= 0.6 is 0 Å². The van der Waals surface area contributed by atoms with Crippen molar-refractivity contribution in [2.45, 2.75) is 19.8 Å². The molecule has 1 saturated heterocycles. The Morgan fingerprint density at radius 1 is 1.50 bits per heavy atom. The Morgan fingerprint density at radius 3 is 3.06 bits per heavy atom. The Morgan fingerprint density at radius 2 is 2.33 bits per heavy atom. The number of amides is 1. The van der Waals surface area contributed by atoms with E-state index < -0.39 is 0 Å². The summed E-state index contributed by atoms with van der Waals surface area (Å²) in [6.07, 6.45) is 2.14. The van der Waals surface area contributed by atoms with Gasteiger partial charge in [-0.15, -0.1) is 0 Å². The van der Waals surface area contributed by atoms with Gasteiger partial charge in [-0.25, -0.2) is 0 Å². The zero-order valence-corrected chi connectivity index (χ0v) is 10.6. The fraction of sp³-hybridized carbons (Fsp3) is 0.462. The number of nitrogens with one attached hydrogen (secondary N) is 1. The smallest absolute Gasteiger partial charge is 0.241 e. The lowest BCUT2D eigenvalue weighted by Crippen LogP contribution is -2.37. The van der Waals surface area contributed by atoms with Gasteiger partial charge in [0.05, 0.1) is 6.61 Å². The second-order valence-corrected chi connectivity index (χ2v) is 4.47. The van der Waals surface area contributed by atoms with E-state index in [9.17, 15) is 4.79 Å². The topological polar surface area (TPSA) is 67.6 Å². The third-order valence-corrected chi connectivity index (χ3v) is 3.05. The molecule has 1 aliphatic heterocycles. The summed E-state index contributed by atoms with van der Waals surface area (Å²) >= 11 is 0. The molecule has 3 N–H and O–H groups in total. The molecule has 98 valence electrons. The Balaban J connectivity index is 1.92. The van der Waals surface area contributed by atoms with Crippen molar-refractivity contribution < 1.29 is 9.63 Å². The maximum atomic E-state index is 11.9. The zero-order valence-electron chi connectivity index (χ0n) is 10.6. The Labute approximate surface area is 107 Å². The lowest BCUT2D eigenvalue weighted by Gasteiger charge is -2.25. The number of carbonyl (C=O) groups is 1. The predicted octanol–water partition coefficient (Wildman–Crippen LogP) is 1.54. The molecule has 0 aromatic heterocycles. The Kier molecular flexibility index (Phi) is 4.17. The van der Waals surface area contributed by atoms with E-state index in [1.54, 1.807) is 5.06 Å². The van der Waals surface area contributed by atoms with Crippen molar-refractivity contribution in [3.8, 4) is 0 Å². The maximum Gasteiger partial charge on any atom is 0.241 e. The summed E-state index contributed by atoms with van der Waals surface area (Å²) in [6, 6.07) is 5.49. The molecule has 1 aromatic rings. The zero-order chi connectivity index (χ0) is 13.0. The summed E-state index contributed by atoms with van der Waals surface area (Å²) in [5.41, 5.74) is 8.13. The van der Waals surface area contributed by atoms with E-state index in [1.165, 1.54) is 0 Å². The first-order chi connectivity index (χ1) is 8.66. The molecule has 0 spiro atoms. The van der Waals surface area contributed by atoms with Crippen molar-refractivity contribution in [3.63, 3.8) is 0 Å². The van der Waals surface area contributed by atoms with Crippen LogP contribution in [0, 0.1) is 6.92 Å². The third kappa shape index (κ3) is 3.21. The number of hydrogen-bond donors (Lipinski definition) is 2. The molecule has 0 atom stereocenters. The van der Waals surface area contributed by atoms with Crippen LogP contribution in [0.1, 0.15) is 18.4 Å². The fourth-order valence-corrected chi connectivity index (χ4v) is 1.91. The van der Waals surface area contributed by atoms with Crippen LogP contribution in [0.15, 0.2) is 18.2 Å². The SMILES string of the molecule is Cc1c(N)cccc1NC(=O)CN1CCCCO1. The molecular formula is C13H19N3O2. The quantitative estimate of drug-likeness (QED) is 0.797. The molecule has 5 nitrogen and oxygen atoms in total. The highest BCUT2D eigenvalue weighted by Gasteiger charge is 2.15. The second-order valence-electron chi connectivity index (χ2n) is 4.47. The van der Waals surface area contributed by atoms with Gasteiger partial charge >= 0.3 is 0 Å². The molecule has 0 aliphatic carbocycles. The first kappa shape index (κ1) is 12.9. The van der Waals surface area contributed by atoms with Crippen LogP contribution in [0.25, 0.3) is 0 Å². The monoisotopic (exact) mass is 249 g/mol. The number of hydrogen-bond acceptors (Lipinski definition) is 4. The van der Waals surface area contributed by atoms with E-state index >= 15 is 0 Å². The van der Waals surface area contributed by atoms with Crippen LogP contribution in [0.5, 0.6) is 0 Å². The normalized spacial score (nSPS) is 16.5. The highest BCUT2D eigenvalue weighted by atomic mass is 16.7. The number of nitrogens with zero attached hydrogens (tertiary/aromatic N) is 1. The molecule has 5 heteroatoms. The summed E-state index contributed by atoms with van der Waals surface area (Å²) in [6.45, 7) is 3.66. The molecule has 1 fully saturated rings. The van der Waals surface area contributed by atoms with Crippen molar-refractivity contribution in [1.82, 2.24) is 5.06 Å². The van der Waals surface area contributed by atoms with Crippen LogP contribution in [0.2, 0.25) is 0 Å². The number of benzene rings is 1. The molecule has 1 aromatic carbocycles. The van der Waals surface area contributed by atoms with Gasteiger partial charge in [0, 0.05) is 17.9 Å². The van der Waals surface area contributed by atoms with Crippen molar-refractivity contribution in [3.05, 3.63) is 23.8 Å². The number of rotatable bonds is 3. The molecule has 2 rings (SSSR count). The highest BCUT2D eigenvalue weighted by Crippen LogP contribution is 2.20. The molecule has 0 radical (unpaired) electrons. The van der Waals surface area contributed by atoms with Gasteiger partial charge in [0.15, 0.2) is 0 Å². The predicted molar refractivity (Wildman–Crippen MR) is 71.0 cm³/mol. The number of carbonyl (C=O) groups excluding carboxylic acids is 1. The summed E-state index contributed by atoms with van der Waals surface area (Å²) in [5, 5.41) is 4.57. The van der Waals surface area contributed by atoms with Crippen LogP contribution in [0.4, 0.5) is 11.4 Å².